The number of nitro benzene ring substituents is 1. The van der Waals surface area contributed by atoms with Crippen molar-refractivity contribution < 1.29 is 28.5 Å². The zero-order chi connectivity index (χ0) is 69.8. The molecule has 4 aliphatic rings. The van der Waals surface area contributed by atoms with Crippen LogP contribution in [0.3, 0.4) is 0 Å². The minimum absolute atomic E-state index is 0.0436. The zero-order valence-corrected chi connectivity index (χ0v) is 57.5. The maximum atomic E-state index is 13.1. The third-order valence-electron chi connectivity index (χ3n) is 19.9. The van der Waals surface area contributed by atoms with Crippen molar-refractivity contribution in [2.75, 3.05) is 0 Å². The van der Waals surface area contributed by atoms with Crippen LogP contribution in [0.2, 0.25) is 0 Å². The van der Waals surface area contributed by atoms with Crippen LogP contribution in [0, 0.1) is 39.6 Å². The van der Waals surface area contributed by atoms with Gasteiger partial charge in [-0.3, -0.25) is 29.3 Å². The van der Waals surface area contributed by atoms with Gasteiger partial charge in [0.25, 0.3) is 5.69 Å². The summed E-state index contributed by atoms with van der Waals surface area (Å²) in [6.07, 6.45) is 3.19. The molecule has 17 rings (SSSR count). The Morgan fingerprint density at radius 3 is 1.20 bits per heavy atom. The Labute approximate surface area is 590 Å². The molecule has 4 atom stereocenters. The standard InChI is InChI=1S/C28H22NO3P.C26H20O.C22H18O.C16H13FO/c1-19-16-21-17-25(33(23-8-4-2-5-9-23)24-10-6-3-7-11-24)18-26(27(21)28(19)30)20-12-14-22(15-13-20)29(31)32;1-17-14-21-15-20(18-8-3-2-4-9-18)16-24(25(21)26(17)27)23-13-7-11-19-10-5-6-12-22(19)23;1-15-12-19-13-18(16-8-4-2-5-9-16)14-20(21(19)22(15)23)17-10-6-3-7-11-17;1-10-9-12-3-2-4-14(15(12)16(10)18)11-5-7-13(17)8-6-11/h2-15,17-19H,16H2,1H3;2-13,15-17H,14H2,1H3;2-11,13-15H,12H2,1H3;2-8,10H,9H2,1H3. The lowest BCUT2D eigenvalue weighted by Crippen LogP contribution is -2.21. The molecule has 0 heterocycles. The van der Waals surface area contributed by atoms with Gasteiger partial charge in [0.1, 0.15) is 5.82 Å². The summed E-state index contributed by atoms with van der Waals surface area (Å²) in [6, 6.07) is 98.5. The van der Waals surface area contributed by atoms with Crippen molar-refractivity contribution in [3.05, 3.63) is 358 Å². The number of ketones is 4. The summed E-state index contributed by atoms with van der Waals surface area (Å²) in [5, 5.41) is 17.2. The zero-order valence-electron chi connectivity index (χ0n) is 56.6. The Kier molecular flexibility index (Phi) is 19.3. The van der Waals surface area contributed by atoms with E-state index in [1.165, 1.54) is 84.3 Å². The molecule has 7 nitrogen and oxygen atoms in total. The summed E-state index contributed by atoms with van der Waals surface area (Å²) in [5.41, 5.74) is 20.6. The van der Waals surface area contributed by atoms with Crippen LogP contribution in [-0.4, -0.2) is 28.1 Å². The smallest absolute Gasteiger partial charge is 0.269 e. The van der Waals surface area contributed by atoms with Crippen LogP contribution >= 0.6 is 7.92 Å². The number of Topliss-reactive ketones (excluding diaryl/α,β-unsaturated/α-hetero) is 4. The molecular weight excluding hydrogens is 1260 g/mol. The first kappa shape index (κ1) is 66.8. The van der Waals surface area contributed by atoms with Crippen LogP contribution in [0.25, 0.3) is 77.5 Å². The van der Waals surface area contributed by atoms with E-state index in [0.717, 1.165) is 104 Å². The van der Waals surface area contributed by atoms with Crippen molar-refractivity contribution in [3.63, 3.8) is 0 Å². The fourth-order valence-electron chi connectivity index (χ4n) is 14.9. The largest absolute Gasteiger partial charge is 0.294 e. The Bertz CT molecular complexity index is 5250. The number of rotatable bonds is 10. The normalized spacial score (nSPS) is 16.1. The van der Waals surface area contributed by atoms with Crippen molar-refractivity contribution >= 4 is 63.4 Å². The number of fused-ring (bicyclic) bond motifs is 5. The van der Waals surface area contributed by atoms with E-state index in [-0.39, 0.29) is 58.3 Å². The predicted octanol–water partition coefficient (Wildman–Crippen LogP) is 21.2. The van der Waals surface area contributed by atoms with Crippen molar-refractivity contribution in [1.29, 1.82) is 0 Å². The maximum absolute atomic E-state index is 13.1. The molecule has 0 amide bonds. The number of carbonyl (C=O) groups excluding carboxylic acids is 4. The van der Waals surface area contributed by atoms with Crippen molar-refractivity contribution in [2.24, 2.45) is 23.7 Å². The molecule has 0 saturated carbocycles. The minimum Gasteiger partial charge on any atom is -0.294 e. The average molecular weight is 1340 g/mol. The number of nitrogens with zero attached hydrogens (tertiary/aromatic N) is 1. The Morgan fingerprint density at radius 2 is 0.683 bits per heavy atom. The Hall–Kier alpha value is -11.4. The fourth-order valence-corrected chi connectivity index (χ4v) is 17.3. The molecule has 13 aromatic carbocycles. The monoisotopic (exact) mass is 1340 g/mol. The fraction of sp³-hybridized carbons (Fsp3) is 0.130. The van der Waals surface area contributed by atoms with Gasteiger partial charge < -0.3 is 0 Å². The molecule has 0 spiro atoms. The second-order valence-electron chi connectivity index (χ2n) is 26.8. The highest BCUT2D eigenvalue weighted by Gasteiger charge is 2.35. The topological polar surface area (TPSA) is 111 Å². The van der Waals surface area contributed by atoms with E-state index in [4.69, 9.17) is 0 Å². The minimum atomic E-state index is -0.824. The summed E-state index contributed by atoms with van der Waals surface area (Å²) in [5.74, 6) is 0.766. The number of carbonyl (C=O) groups is 4. The summed E-state index contributed by atoms with van der Waals surface area (Å²) in [7, 11) is -0.824. The number of hydrogen-bond acceptors (Lipinski definition) is 6. The van der Waals surface area contributed by atoms with Crippen molar-refractivity contribution in [2.45, 2.75) is 53.4 Å². The summed E-state index contributed by atoms with van der Waals surface area (Å²) in [4.78, 5) is 61.6. The molecule has 0 aliphatic heterocycles. The van der Waals surface area contributed by atoms with E-state index in [2.05, 4.69) is 188 Å². The molecule has 0 bridgehead atoms. The summed E-state index contributed by atoms with van der Waals surface area (Å²) >= 11 is 0. The van der Waals surface area contributed by atoms with Gasteiger partial charge >= 0.3 is 0 Å². The molecule has 0 N–H and O–H groups in total. The molecule has 0 radical (unpaired) electrons. The molecule has 0 saturated heterocycles. The molecule has 494 valence electrons. The highest BCUT2D eigenvalue weighted by Crippen LogP contribution is 2.44. The van der Waals surface area contributed by atoms with E-state index >= 15 is 0 Å². The van der Waals surface area contributed by atoms with Crippen molar-refractivity contribution in [3.8, 4) is 66.8 Å². The third kappa shape index (κ3) is 13.8. The number of hydrogen-bond donors (Lipinski definition) is 0. The first-order valence-corrected chi connectivity index (χ1v) is 35.8. The van der Waals surface area contributed by atoms with Gasteiger partial charge in [0.05, 0.1) is 4.92 Å². The Morgan fingerprint density at radius 1 is 0.317 bits per heavy atom. The van der Waals surface area contributed by atoms with Crippen LogP contribution < -0.4 is 15.9 Å². The number of non-ortho nitro benzene ring substituents is 1. The lowest BCUT2D eigenvalue weighted by molar-refractivity contribution is -0.384. The number of halogens is 1. The summed E-state index contributed by atoms with van der Waals surface area (Å²) in [6.45, 7) is 7.99. The molecule has 13 aromatic rings. The molecular formula is C92H73FNO6P. The van der Waals surface area contributed by atoms with Crippen molar-refractivity contribution in [1.82, 2.24) is 0 Å². The van der Waals surface area contributed by atoms with Gasteiger partial charge in [-0.05, 0) is 198 Å². The second-order valence-corrected chi connectivity index (χ2v) is 29.0. The first-order chi connectivity index (χ1) is 49.1. The molecule has 4 unspecified atom stereocenters. The quantitative estimate of drug-likeness (QED) is 0.0766. The predicted molar refractivity (Wildman–Crippen MR) is 410 cm³/mol. The lowest BCUT2D eigenvalue weighted by atomic mass is 9.89. The van der Waals surface area contributed by atoms with E-state index in [1.807, 2.05) is 88.4 Å². The van der Waals surface area contributed by atoms with Crippen LogP contribution in [0.15, 0.2) is 297 Å². The average Bonchev–Trinajstić information content (AvgIpc) is 1.72. The van der Waals surface area contributed by atoms with Gasteiger partial charge in [-0.15, -0.1) is 0 Å². The van der Waals surface area contributed by atoms with Crippen LogP contribution in [0.4, 0.5) is 10.1 Å². The number of benzene rings is 13. The van der Waals surface area contributed by atoms with Gasteiger partial charge in [-0.25, -0.2) is 4.39 Å². The maximum Gasteiger partial charge on any atom is 0.269 e. The number of nitro groups is 1. The molecule has 0 fully saturated rings. The molecule has 101 heavy (non-hydrogen) atoms. The molecule has 9 heteroatoms. The van der Waals surface area contributed by atoms with E-state index in [1.54, 1.807) is 24.3 Å². The van der Waals surface area contributed by atoms with Gasteiger partial charge in [0.15, 0.2) is 23.1 Å². The van der Waals surface area contributed by atoms with E-state index < -0.39 is 12.8 Å². The lowest BCUT2D eigenvalue weighted by Gasteiger charge is -2.21. The highest BCUT2D eigenvalue weighted by molar-refractivity contribution is 7.79. The van der Waals surface area contributed by atoms with Crippen LogP contribution in [-0.2, 0) is 25.7 Å². The highest BCUT2D eigenvalue weighted by atomic mass is 31.1. The van der Waals surface area contributed by atoms with Gasteiger partial charge in [-0.2, -0.15) is 0 Å². The molecule has 4 aliphatic carbocycles. The third-order valence-corrected chi connectivity index (χ3v) is 22.3. The van der Waals surface area contributed by atoms with Crippen LogP contribution in [0.5, 0.6) is 0 Å². The van der Waals surface area contributed by atoms with Gasteiger partial charge in [0, 0.05) is 58.1 Å². The SMILES string of the molecule is CC1Cc2cc(-c3ccccc3)cc(-c3cccc4ccccc34)c2C1=O.CC1Cc2cc(-c3ccccc3)cc(-c3ccccc3)c2C1=O.CC1Cc2cc(P(c3ccccc3)c3ccccc3)cc(-c3ccc([N+](=O)[O-])cc3)c2C1=O.CC1Cc2cccc(-c3ccc(F)cc3)c2C1=O. The summed E-state index contributed by atoms with van der Waals surface area (Å²) < 4.78 is 12.9. The van der Waals surface area contributed by atoms with Gasteiger partial charge in [0.2, 0.25) is 0 Å². The van der Waals surface area contributed by atoms with E-state index in [9.17, 15) is 33.7 Å². The first-order valence-electron chi connectivity index (χ1n) is 34.5. The Balaban J connectivity index is 0.000000117. The van der Waals surface area contributed by atoms with E-state index in [0.29, 0.717) is 0 Å². The molecule has 0 aromatic heterocycles. The second kappa shape index (κ2) is 29.2. The van der Waals surface area contributed by atoms with Crippen LogP contribution in [0.1, 0.15) is 91.4 Å². The van der Waals surface area contributed by atoms with Gasteiger partial charge in [-0.1, -0.05) is 264 Å².